The summed E-state index contributed by atoms with van der Waals surface area (Å²) in [5.74, 6) is 0.128. The minimum Gasteiger partial charge on any atom is -0.504 e. The van der Waals surface area contributed by atoms with Crippen LogP contribution < -0.4 is 10.1 Å². The summed E-state index contributed by atoms with van der Waals surface area (Å²) in [4.78, 5) is 12.2. The van der Waals surface area contributed by atoms with Crippen LogP contribution in [0, 0.1) is 6.92 Å². The van der Waals surface area contributed by atoms with Gasteiger partial charge in [-0.05, 0) is 57.0 Å². The number of hydrogen-bond acceptors (Lipinski definition) is 4. The van der Waals surface area contributed by atoms with Crippen molar-refractivity contribution in [3.05, 3.63) is 53.6 Å². The van der Waals surface area contributed by atoms with Gasteiger partial charge in [-0.3, -0.25) is 4.79 Å². The first-order valence-electron chi connectivity index (χ1n) is 7.89. The van der Waals surface area contributed by atoms with Crippen molar-refractivity contribution in [3.63, 3.8) is 0 Å². The fourth-order valence-corrected chi connectivity index (χ4v) is 2.34. The summed E-state index contributed by atoms with van der Waals surface area (Å²) in [6, 6.07) is 12.0. The van der Waals surface area contributed by atoms with Gasteiger partial charge in [-0.25, -0.2) is 0 Å². The van der Waals surface area contributed by atoms with Crippen LogP contribution in [0.2, 0.25) is 0 Å². The van der Waals surface area contributed by atoms with E-state index in [0.717, 1.165) is 11.1 Å². The van der Waals surface area contributed by atoms with Gasteiger partial charge in [-0.1, -0.05) is 23.8 Å². The number of carbonyl (C=O) groups is 1. The second-order valence-electron chi connectivity index (χ2n) is 6.01. The summed E-state index contributed by atoms with van der Waals surface area (Å²) in [6.07, 6.45) is -0.0695. The summed E-state index contributed by atoms with van der Waals surface area (Å²) >= 11 is 0. The second-order valence-corrected chi connectivity index (χ2v) is 6.01. The standard InChI is InChI=1S/C19H23NO4/c1-12-4-7-16(8-5-12)24-14(3)19(23)20-13(2)10-15-6-9-17(21)18(22)11-15/h4-9,11,13-14,21-22H,10H2,1-3H3,(H,20,23)/t13-,14+/m0/s1. The Morgan fingerprint density at radius 3 is 2.38 bits per heavy atom. The van der Waals surface area contributed by atoms with Crippen molar-refractivity contribution in [3.8, 4) is 17.2 Å². The molecule has 5 nitrogen and oxygen atoms in total. The Morgan fingerprint density at radius 1 is 1.08 bits per heavy atom. The number of amides is 1. The summed E-state index contributed by atoms with van der Waals surface area (Å²) in [5, 5.41) is 21.7. The summed E-state index contributed by atoms with van der Waals surface area (Å²) in [7, 11) is 0. The molecule has 1 amide bonds. The van der Waals surface area contributed by atoms with Gasteiger partial charge in [-0.2, -0.15) is 0 Å². The van der Waals surface area contributed by atoms with E-state index in [1.165, 1.54) is 12.1 Å². The highest BCUT2D eigenvalue weighted by molar-refractivity contribution is 5.81. The first-order valence-corrected chi connectivity index (χ1v) is 7.89. The fraction of sp³-hybridized carbons (Fsp3) is 0.316. The zero-order valence-electron chi connectivity index (χ0n) is 14.1. The molecule has 0 spiro atoms. The van der Waals surface area contributed by atoms with Crippen molar-refractivity contribution in [2.45, 2.75) is 39.3 Å². The SMILES string of the molecule is Cc1ccc(O[C@H](C)C(=O)N[C@@H](C)Cc2ccc(O)c(O)c2)cc1. The van der Waals surface area contributed by atoms with Gasteiger partial charge >= 0.3 is 0 Å². The Kier molecular flexibility index (Phi) is 5.68. The van der Waals surface area contributed by atoms with Gasteiger partial charge in [0.05, 0.1) is 0 Å². The molecule has 5 heteroatoms. The minimum absolute atomic E-state index is 0.134. The number of carbonyl (C=O) groups excluding carboxylic acids is 1. The molecule has 0 unspecified atom stereocenters. The molecule has 3 N–H and O–H groups in total. The smallest absolute Gasteiger partial charge is 0.260 e. The van der Waals surface area contributed by atoms with E-state index in [-0.39, 0.29) is 23.4 Å². The highest BCUT2D eigenvalue weighted by Gasteiger charge is 2.17. The molecule has 24 heavy (non-hydrogen) atoms. The van der Waals surface area contributed by atoms with E-state index in [1.807, 2.05) is 38.1 Å². The Morgan fingerprint density at radius 2 is 1.75 bits per heavy atom. The average Bonchev–Trinajstić information content (AvgIpc) is 2.53. The number of rotatable bonds is 6. The number of aryl methyl sites for hydroxylation is 1. The fourth-order valence-electron chi connectivity index (χ4n) is 2.34. The number of ether oxygens (including phenoxy) is 1. The van der Waals surface area contributed by atoms with Crippen LogP contribution in [0.15, 0.2) is 42.5 Å². The van der Waals surface area contributed by atoms with Crippen LogP contribution >= 0.6 is 0 Å². The van der Waals surface area contributed by atoms with E-state index in [0.29, 0.717) is 12.2 Å². The Hall–Kier alpha value is -2.69. The van der Waals surface area contributed by atoms with Gasteiger partial charge in [-0.15, -0.1) is 0 Å². The Balaban J connectivity index is 1.87. The summed E-state index contributed by atoms with van der Waals surface area (Å²) < 4.78 is 5.63. The normalized spacial score (nSPS) is 13.1. The maximum absolute atomic E-state index is 12.2. The zero-order chi connectivity index (χ0) is 17.7. The third kappa shape index (κ3) is 4.91. The number of hydrogen-bond donors (Lipinski definition) is 3. The molecule has 0 saturated heterocycles. The van der Waals surface area contributed by atoms with Gasteiger partial charge in [0.15, 0.2) is 17.6 Å². The topological polar surface area (TPSA) is 78.8 Å². The van der Waals surface area contributed by atoms with Crippen molar-refractivity contribution in [2.24, 2.45) is 0 Å². The number of phenolic OH excluding ortho intramolecular Hbond substituents is 2. The van der Waals surface area contributed by atoms with Crippen LogP contribution in [0.5, 0.6) is 17.2 Å². The molecule has 2 aromatic carbocycles. The molecule has 2 aromatic rings. The maximum Gasteiger partial charge on any atom is 0.260 e. The third-order valence-corrected chi connectivity index (χ3v) is 3.67. The zero-order valence-corrected chi connectivity index (χ0v) is 14.1. The molecule has 2 atom stereocenters. The average molecular weight is 329 g/mol. The van der Waals surface area contributed by atoms with Crippen molar-refractivity contribution >= 4 is 5.91 Å². The molecule has 0 aromatic heterocycles. The van der Waals surface area contributed by atoms with Gasteiger partial charge in [0.25, 0.3) is 5.91 Å². The molecule has 0 radical (unpaired) electrons. The second kappa shape index (κ2) is 7.73. The van der Waals surface area contributed by atoms with Crippen LogP contribution in [-0.2, 0) is 11.2 Å². The lowest BCUT2D eigenvalue weighted by Gasteiger charge is -2.19. The Labute approximate surface area is 141 Å². The minimum atomic E-state index is -0.608. The lowest BCUT2D eigenvalue weighted by molar-refractivity contribution is -0.127. The van der Waals surface area contributed by atoms with Crippen LogP contribution in [0.4, 0.5) is 0 Å². The quantitative estimate of drug-likeness (QED) is 0.712. The highest BCUT2D eigenvalue weighted by Crippen LogP contribution is 2.25. The van der Waals surface area contributed by atoms with E-state index >= 15 is 0 Å². The van der Waals surface area contributed by atoms with Crippen LogP contribution in [0.3, 0.4) is 0 Å². The van der Waals surface area contributed by atoms with E-state index in [1.54, 1.807) is 13.0 Å². The predicted octanol–water partition coefficient (Wildman–Crippen LogP) is 2.92. The molecular formula is C19H23NO4. The first kappa shape index (κ1) is 17.7. The van der Waals surface area contributed by atoms with E-state index in [2.05, 4.69) is 5.32 Å². The third-order valence-electron chi connectivity index (χ3n) is 3.67. The number of nitrogens with one attached hydrogen (secondary N) is 1. The molecule has 0 aliphatic heterocycles. The summed E-state index contributed by atoms with van der Waals surface area (Å²) in [6.45, 7) is 5.57. The van der Waals surface area contributed by atoms with Crippen LogP contribution in [0.25, 0.3) is 0 Å². The molecule has 0 bridgehead atoms. The highest BCUT2D eigenvalue weighted by atomic mass is 16.5. The van der Waals surface area contributed by atoms with Crippen molar-refractivity contribution in [1.82, 2.24) is 5.32 Å². The Bertz CT molecular complexity index is 697. The van der Waals surface area contributed by atoms with Crippen molar-refractivity contribution in [1.29, 1.82) is 0 Å². The molecule has 0 aliphatic carbocycles. The maximum atomic E-state index is 12.2. The van der Waals surface area contributed by atoms with E-state index < -0.39 is 6.10 Å². The molecular weight excluding hydrogens is 306 g/mol. The first-order chi connectivity index (χ1) is 11.3. The number of phenols is 2. The monoisotopic (exact) mass is 329 g/mol. The van der Waals surface area contributed by atoms with Gasteiger partial charge in [0, 0.05) is 6.04 Å². The van der Waals surface area contributed by atoms with Crippen LogP contribution in [0.1, 0.15) is 25.0 Å². The number of aromatic hydroxyl groups is 2. The lowest BCUT2D eigenvalue weighted by Crippen LogP contribution is -2.42. The molecule has 0 heterocycles. The van der Waals surface area contributed by atoms with Gasteiger partial charge in [0.2, 0.25) is 0 Å². The largest absolute Gasteiger partial charge is 0.504 e. The molecule has 128 valence electrons. The lowest BCUT2D eigenvalue weighted by atomic mass is 10.1. The van der Waals surface area contributed by atoms with E-state index in [4.69, 9.17) is 4.74 Å². The van der Waals surface area contributed by atoms with E-state index in [9.17, 15) is 15.0 Å². The van der Waals surface area contributed by atoms with Crippen LogP contribution in [-0.4, -0.2) is 28.3 Å². The molecule has 0 saturated carbocycles. The van der Waals surface area contributed by atoms with Crippen molar-refractivity contribution in [2.75, 3.05) is 0 Å². The predicted molar refractivity (Wildman–Crippen MR) is 92.3 cm³/mol. The van der Waals surface area contributed by atoms with Gasteiger partial charge in [0.1, 0.15) is 5.75 Å². The molecule has 0 fully saturated rings. The van der Waals surface area contributed by atoms with Gasteiger partial charge < -0.3 is 20.3 Å². The molecule has 2 rings (SSSR count). The van der Waals surface area contributed by atoms with Crippen molar-refractivity contribution < 1.29 is 19.7 Å². The number of benzene rings is 2. The summed E-state index contributed by atoms with van der Waals surface area (Å²) in [5.41, 5.74) is 1.95. The molecule has 0 aliphatic rings.